The van der Waals surface area contributed by atoms with Crippen LogP contribution in [0.1, 0.15) is 29.3 Å². The Morgan fingerprint density at radius 1 is 1.21 bits per heavy atom. The van der Waals surface area contributed by atoms with Crippen molar-refractivity contribution in [3.63, 3.8) is 0 Å². The van der Waals surface area contributed by atoms with E-state index in [1.807, 2.05) is 37.4 Å². The number of hydrogen-bond acceptors (Lipinski definition) is 6. The molecule has 0 aliphatic carbocycles. The van der Waals surface area contributed by atoms with E-state index >= 15 is 0 Å². The lowest BCUT2D eigenvalue weighted by Crippen LogP contribution is -2.10. The summed E-state index contributed by atoms with van der Waals surface area (Å²) in [5.74, 6) is 0.771. The maximum absolute atomic E-state index is 13.1. The zero-order valence-electron chi connectivity index (χ0n) is 16.6. The van der Waals surface area contributed by atoms with Crippen molar-refractivity contribution in [3.8, 4) is 16.3 Å². The topological polar surface area (TPSA) is 78.4 Å². The van der Waals surface area contributed by atoms with Crippen molar-refractivity contribution < 1.29 is 9.15 Å². The minimum absolute atomic E-state index is 0.0748. The molecule has 0 atom stereocenters. The number of rotatable bonds is 5. The number of anilines is 1. The van der Waals surface area contributed by atoms with Crippen LogP contribution in [0.15, 0.2) is 51.0 Å². The van der Waals surface area contributed by atoms with E-state index in [0.29, 0.717) is 33.9 Å². The van der Waals surface area contributed by atoms with E-state index in [1.54, 1.807) is 6.07 Å². The highest BCUT2D eigenvalue weighted by Crippen LogP contribution is 2.32. The molecule has 0 aliphatic rings. The first-order chi connectivity index (χ1) is 14.0. The largest absolute Gasteiger partial charge is 0.488 e. The van der Waals surface area contributed by atoms with Crippen molar-refractivity contribution in [3.05, 3.63) is 74.4 Å². The van der Waals surface area contributed by atoms with Crippen LogP contribution in [0, 0.1) is 13.8 Å². The van der Waals surface area contributed by atoms with Crippen LogP contribution >= 0.6 is 11.3 Å². The molecule has 0 bridgehead atoms. The van der Waals surface area contributed by atoms with Crippen LogP contribution in [0.25, 0.3) is 21.5 Å². The third kappa shape index (κ3) is 3.76. The molecule has 0 unspecified atom stereocenters. The third-order valence-corrected chi connectivity index (χ3v) is 5.77. The van der Waals surface area contributed by atoms with Crippen LogP contribution in [0.4, 0.5) is 5.88 Å². The van der Waals surface area contributed by atoms with E-state index < -0.39 is 0 Å². The summed E-state index contributed by atoms with van der Waals surface area (Å²) < 4.78 is 11.9. The second-order valence-electron chi connectivity index (χ2n) is 7.05. The maximum Gasteiger partial charge on any atom is 0.205 e. The highest BCUT2D eigenvalue weighted by atomic mass is 32.1. The molecule has 2 aromatic heterocycles. The summed E-state index contributed by atoms with van der Waals surface area (Å²) in [5.41, 5.74) is 10.7. The molecule has 0 aliphatic heterocycles. The van der Waals surface area contributed by atoms with Gasteiger partial charge in [-0.25, -0.2) is 4.98 Å². The molecule has 6 heteroatoms. The Kier molecular flexibility index (Phi) is 5.11. The summed E-state index contributed by atoms with van der Waals surface area (Å²) in [6.07, 6.45) is 0.731. The number of nitrogens with zero attached hydrogens (tertiary/aromatic N) is 1. The zero-order chi connectivity index (χ0) is 20.5. The number of hydrogen-bond donors (Lipinski definition) is 1. The average molecular weight is 407 g/mol. The normalized spacial score (nSPS) is 11.1. The number of benzene rings is 2. The Balaban J connectivity index is 1.77. The van der Waals surface area contributed by atoms with Crippen molar-refractivity contribution in [2.24, 2.45) is 0 Å². The molecule has 2 heterocycles. The predicted octanol–water partition coefficient (Wildman–Crippen LogP) is 5.26. The molecule has 4 rings (SSSR count). The SMILES string of the molecule is CCc1cc2c(=O)c(-c3nc(C)cs3)c(N)oc2cc1OCc1cccc(C)c1. The summed E-state index contributed by atoms with van der Waals surface area (Å²) in [6.45, 7) is 6.41. The van der Waals surface area contributed by atoms with E-state index in [0.717, 1.165) is 23.2 Å². The molecule has 2 N–H and O–H groups in total. The summed E-state index contributed by atoms with van der Waals surface area (Å²) in [5, 5.41) is 2.95. The predicted molar refractivity (Wildman–Crippen MR) is 118 cm³/mol. The van der Waals surface area contributed by atoms with Gasteiger partial charge in [-0.3, -0.25) is 4.79 Å². The van der Waals surface area contributed by atoms with E-state index in [2.05, 4.69) is 24.0 Å². The number of fused-ring (bicyclic) bond motifs is 1. The fourth-order valence-corrected chi connectivity index (χ4v) is 4.17. The summed E-state index contributed by atoms with van der Waals surface area (Å²) >= 11 is 1.38. The van der Waals surface area contributed by atoms with Gasteiger partial charge in [0.25, 0.3) is 0 Å². The van der Waals surface area contributed by atoms with Crippen molar-refractivity contribution in [2.75, 3.05) is 5.73 Å². The fraction of sp³-hybridized carbons (Fsp3) is 0.217. The smallest absolute Gasteiger partial charge is 0.205 e. The lowest BCUT2D eigenvalue weighted by molar-refractivity contribution is 0.303. The molecule has 2 aromatic carbocycles. The number of nitrogens with two attached hydrogens (primary N) is 1. The fourth-order valence-electron chi connectivity index (χ4n) is 3.33. The van der Waals surface area contributed by atoms with Crippen molar-refractivity contribution in [1.82, 2.24) is 4.98 Å². The molecular formula is C23H22N2O3S. The lowest BCUT2D eigenvalue weighted by atomic mass is 10.1. The first-order valence-electron chi connectivity index (χ1n) is 9.46. The van der Waals surface area contributed by atoms with Gasteiger partial charge >= 0.3 is 0 Å². The van der Waals surface area contributed by atoms with Gasteiger partial charge in [0.2, 0.25) is 11.3 Å². The van der Waals surface area contributed by atoms with E-state index in [9.17, 15) is 4.79 Å². The maximum atomic E-state index is 13.1. The molecule has 4 aromatic rings. The lowest BCUT2D eigenvalue weighted by Gasteiger charge is -2.13. The average Bonchev–Trinajstić information content (AvgIpc) is 3.11. The Labute approximate surface area is 172 Å². The van der Waals surface area contributed by atoms with Gasteiger partial charge in [-0.15, -0.1) is 11.3 Å². The van der Waals surface area contributed by atoms with Gasteiger partial charge in [-0.1, -0.05) is 36.8 Å². The Morgan fingerprint density at radius 3 is 2.72 bits per heavy atom. The minimum Gasteiger partial charge on any atom is -0.488 e. The second kappa shape index (κ2) is 7.72. The summed E-state index contributed by atoms with van der Waals surface area (Å²) in [7, 11) is 0. The molecule has 0 spiro atoms. The van der Waals surface area contributed by atoms with Crippen LogP contribution in [-0.2, 0) is 13.0 Å². The van der Waals surface area contributed by atoms with E-state index in [-0.39, 0.29) is 11.3 Å². The van der Waals surface area contributed by atoms with Gasteiger partial charge in [0.05, 0.1) is 5.39 Å². The Hall–Kier alpha value is -3.12. The number of aryl methyl sites for hydroxylation is 3. The highest BCUT2D eigenvalue weighted by molar-refractivity contribution is 7.13. The van der Waals surface area contributed by atoms with Gasteiger partial charge in [-0.05, 0) is 37.5 Å². The van der Waals surface area contributed by atoms with Gasteiger partial charge < -0.3 is 14.9 Å². The minimum atomic E-state index is -0.168. The number of aromatic nitrogens is 1. The number of nitrogen functional groups attached to an aromatic ring is 1. The van der Waals surface area contributed by atoms with Gasteiger partial charge in [0.15, 0.2) is 0 Å². The quantitative estimate of drug-likeness (QED) is 0.489. The second-order valence-corrected chi connectivity index (χ2v) is 7.91. The first-order valence-corrected chi connectivity index (χ1v) is 10.3. The molecule has 5 nitrogen and oxygen atoms in total. The molecule has 148 valence electrons. The summed E-state index contributed by atoms with van der Waals surface area (Å²) in [6, 6.07) is 11.8. The highest BCUT2D eigenvalue weighted by Gasteiger charge is 2.19. The molecule has 0 fully saturated rings. The molecule has 0 saturated heterocycles. The Morgan fingerprint density at radius 2 is 2.03 bits per heavy atom. The summed E-state index contributed by atoms with van der Waals surface area (Å²) in [4.78, 5) is 17.5. The number of thiazole rings is 1. The van der Waals surface area contributed by atoms with Gasteiger partial charge in [0.1, 0.15) is 28.5 Å². The van der Waals surface area contributed by atoms with Crippen LogP contribution in [0.3, 0.4) is 0 Å². The standard InChI is InChI=1S/C23H22N2O3S/c1-4-16-9-17-19(10-18(16)27-11-15-7-5-6-13(2)8-15)28-22(24)20(21(17)26)23-25-14(3)12-29-23/h5-10,12H,4,11,24H2,1-3H3. The zero-order valence-corrected chi connectivity index (χ0v) is 17.4. The number of ether oxygens (including phenoxy) is 1. The van der Waals surface area contributed by atoms with Crippen molar-refractivity contribution in [1.29, 1.82) is 0 Å². The van der Waals surface area contributed by atoms with Crippen LogP contribution in [0.5, 0.6) is 5.75 Å². The van der Waals surface area contributed by atoms with Crippen LogP contribution in [-0.4, -0.2) is 4.98 Å². The Bertz CT molecular complexity index is 1260. The van der Waals surface area contributed by atoms with Crippen molar-refractivity contribution in [2.45, 2.75) is 33.8 Å². The molecule has 0 saturated carbocycles. The molecule has 0 amide bonds. The van der Waals surface area contributed by atoms with E-state index in [1.165, 1.54) is 16.9 Å². The van der Waals surface area contributed by atoms with Gasteiger partial charge in [0, 0.05) is 17.1 Å². The monoisotopic (exact) mass is 406 g/mol. The first kappa shape index (κ1) is 19.2. The van der Waals surface area contributed by atoms with Crippen LogP contribution in [0.2, 0.25) is 0 Å². The third-order valence-electron chi connectivity index (χ3n) is 4.79. The van der Waals surface area contributed by atoms with Crippen LogP contribution < -0.4 is 15.9 Å². The molecule has 29 heavy (non-hydrogen) atoms. The van der Waals surface area contributed by atoms with Crippen molar-refractivity contribution >= 4 is 28.2 Å². The van der Waals surface area contributed by atoms with Gasteiger partial charge in [-0.2, -0.15) is 0 Å². The molecular weight excluding hydrogens is 384 g/mol. The molecule has 0 radical (unpaired) electrons. The van der Waals surface area contributed by atoms with E-state index in [4.69, 9.17) is 14.9 Å².